The fourth-order valence-electron chi connectivity index (χ4n) is 2.87. The van der Waals surface area contributed by atoms with Crippen molar-refractivity contribution >= 4 is 44.6 Å². The molecular formula is C16H17Cl2NO2S2. The van der Waals surface area contributed by atoms with E-state index in [4.69, 9.17) is 23.2 Å². The van der Waals surface area contributed by atoms with Gasteiger partial charge in [0.15, 0.2) is 0 Å². The summed E-state index contributed by atoms with van der Waals surface area (Å²) in [4.78, 5) is 1.48. The van der Waals surface area contributed by atoms with Crippen LogP contribution >= 0.6 is 34.5 Å². The van der Waals surface area contributed by atoms with E-state index in [2.05, 4.69) is 11.4 Å². The maximum Gasteiger partial charge on any atom is 0.244 e. The Balaban J connectivity index is 1.81. The van der Waals surface area contributed by atoms with Crippen LogP contribution in [0.25, 0.3) is 0 Å². The van der Waals surface area contributed by atoms with Gasteiger partial charge < -0.3 is 0 Å². The lowest BCUT2D eigenvalue weighted by atomic mass is 9.97. The highest BCUT2D eigenvalue weighted by Crippen LogP contribution is 2.35. The number of rotatable bonds is 3. The highest BCUT2D eigenvalue weighted by molar-refractivity contribution is 7.89. The third kappa shape index (κ3) is 3.44. The van der Waals surface area contributed by atoms with E-state index in [-0.39, 0.29) is 9.92 Å². The molecule has 2 heterocycles. The summed E-state index contributed by atoms with van der Waals surface area (Å²) >= 11 is 13.9. The molecule has 1 saturated heterocycles. The number of aryl methyl sites for hydroxylation is 1. The molecule has 3 nitrogen and oxygen atoms in total. The predicted molar refractivity (Wildman–Crippen MR) is 96.3 cm³/mol. The minimum absolute atomic E-state index is 0.149. The van der Waals surface area contributed by atoms with Crippen LogP contribution in [0.2, 0.25) is 10.0 Å². The third-order valence-corrected chi connectivity index (χ3v) is 8.04. The van der Waals surface area contributed by atoms with Gasteiger partial charge in [-0.3, -0.25) is 0 Å². The van der Waals surface area contributed by atoms with Crippen molar-refractivity contribution in [2.75, 3.05) is 13.1 Å². The van der Waals surface area contributed by atoms with Crippen molar-refractivity contribution in [3.63, 3.8) is 0 Å². The smallest absolute Gasteiger partial charge is 0.207 e. The maximum absolute atomic E-state index is 12.9. The van der Waals surface area contributed by atoms with Crippen LogP contribution in [-0.4, -0.2) is 25.8 Å². The summed E-state index contributed by atoms with van der Waals surface area (Å²) in [6.45, 7) is 2.81. The number of thiophene rings is 1. The quantitative estimate of drug-likeness (QED) is 0.745. The van der Waals surface area contributed by atoms with Gasteiger partial charge in [-0.15, -0.1) is 11.3 Å². The van der Waals surface area contributed by atoms with Crippen molar-refractivity contribution < 1.29 is 8.42 Å². The van der Waals surface area contributed by atoms with Crippen molar-refractivity contribution in [2.45, 2.75) is 30.6 Å². The Morgan fingerprint density at radius 1 is 1.17 bits per heavy atom. The molecule has 0 N–H and O–H groups in total. The molecule has 0 radical (unpaired) electrons. The lowest BCUT2D eigenvalue weighted by Crippen LogP contribution is -2.37. The van der Waals surface area contributed by atoms with Crippen molar-refractivity contribution in [3.8, 4) is 0 Å². The first-order valence-electron chi connectivity index (χ1n) is 7.39. The van der Waals surface area contributed by atoms with Crippen LogP contribution in [-0.2, 0) is 10.0 Å². The van der Waals surface area contributed by atoms with Gasteiger partial charge in [0, 0.05) is 23.0 Å². The average molecular weight is 390 g/mol. The predicted octanol–water partition coefficient (Wildman–Crippen LogP) is 4.93. The van der Waals surface area contributed by atoms with Gasteiger partial charge >= 0.3 is 0 Å². The van der Waals surface area contributed by atoms with Crippen molar-refractivity contribution in [2.24, 2.45) is 0 Å². The first-order chi connectivity index (χ1) is 10.9. The second-order valence-electron chi connectivity index (χ2n) is 5.73. The van der Waals surface area contributed by atoms with Crippen LogP contribution in [0.4, 0.5) is 0 Å². The molecule has 7 heteroatoms. The molecule has 1 aliphatic heterocycles. The number of piperidine rings is 1. The topological polar surface area (TPSA) is 37.4 Å². The molecule has 3 rings (SSSR count). The van der Waals surface area contributed by atoms with Gasteiger partial charge in [0.2, 0.25) is 10.0 Å². The summed E-state index contributed by atoms with van der Waals surface area (Å²) in [6, 6.07) is 7.23. The highest BCUT2D eigenvalue weighted by atomic mass is 35.5. The van der Waals surface area contributed by atoms with Crippen LogP contribution in [0.1, 0.15) is 29.2 Å². The van der Waals surface area contributed by atoms with Crippen LogP contribution in [0.15, 0.2) is 34.5 Å². The van der Waals surface area contributed by atoms with Crippen LogP contribution in [0.5, 0.6) is 0 Å². The largest absolute Gasteiger partial charge is 0.244 e. The van der Waals surface area contributed by atoms with E-state index >= 15 is 0 Å². The summed E-state index contributed by atoms with van der Waals surface area (Å²) in [5, 5.41) is 2.72. The van der Waals surface area contributed by atoms with Crippen molar-refractivity contribution in [1.29, 1.82) is 0 Å². The lowest BCUT2D eigenvalue weighted by Gasteiger charge is -2.31. The van der Waals surface area contributed by atoms with E-state index in [0.717, 1.165) is 12.8 Å². The van der Waals surface area contributed by atoms with Gasteiger partial charge in [0.25, 0.3) is 0 Å². The SMILES string of the molecule is Cc1cc(S(=O)(=O)N2CCC(c3cccs3)CC2)c(Cl)cc1Cl. The Morgan fingerprint density at radius 2 is 1.87 bits per heavy atom. The zero-order chi connectivity index (χ0) is 16.6. The normalized spacial score (nSPS) is 17.5. The summed E-state index contributed by atoms with van der Waals surface area (Å²) in [7, 11) is -3.58. The number of halogens is 2. The fraction of sp³-hybridized carbons (Fsp3) is 0.375. The molecule has 1 aromatic heterocycles. The third-order valence-electron chi connectivity index (χ3n) is 4.23. The molecule has 23 heavy (non-hydrogen) atoms. The van der Waals surface area contributed by atoms with Gasteiger partial charge in [-0.1, -0.05) is 29.3 Å². The molecule has 1 aliphatic rings. The molecule has 0 atom stereocenters. The van der Waals surface area contributed by atoms with E-state index in [9.17, 15) is 8.42 Å². The molecule has 0 spiro atoms. The maximum atomic E-state index is 12.9. The van der Waals surface area contributed by atoms with Crippen molar-refractivity contribution in [1.82, 2.24) is 4.31 Å². The molecular weight excluding hydrogens is 373 g/mol. The molecule has 1 aromatic carbocycles. The number of hydrogen-bond donors (Lipinski definition) is 0. The highest BCUT2D eigenvalue weighted by Gasteiger charge is 2.31. The standard InChI is InChI=1S/C16H17Cl2NO2S2/c1-11-9-16(14(18)10-13(11)17)23(20,21)19-6-4-12(5-7-19)15-3-2-8-22-15/h2-3,8-10,12H,4-7H2,1H3. The molecule has 0 saturated carbocycles. The zero-order valence-corrected chi connectivity index (χ0v) is 15.8. The molecule has 0 bridgehead atoms. The Labute approximate surface area is 150 Å². The van der Waals surface area contributed by atoms with Crippen LogP contribution < -0.4 is 0 Å². The second-order valence-corrected chi connectivity index (χ2v) is 9.43. The summed E-state index contributed by atoms with van der Waals surface area (Å²) in [6.07, 6.45) is 1.67. The van der Waals surface area contributed by atoms with E-state index in [1.165, 1.54) is 15.2 Å². The lowest BCUT2D eigenvalue weighted by molar-refractivity contribution is 0.321. The Morgan fingerprint density at radius 3 is 2.48 bits per heavy atom. The van der Waals surface area contributed by atoms with Crippen LogP contribution in [0.3, 0.4) is 0 Å². The Hall–Kier alpha value is -0.590. The molecule has 1 fully saturated rings. The minimum atomic E-state index is -3.58. The second kappa shape index (κ2) is 6.73. The summed E-state index contributed by atoms with van der Waals surface area (Å²) < 4.78 is 27.3. The summed E-state index contributed by atoms with van der Waals surface area (Å²) in [5.41, 5.74) is 0.711. The van der Waals surface area contributed by atoms with Crippen molar-refractivity contribution in [3.05, 3.63) is 50.1 Å². The minimum Gasteiger partial charge on any atom is -0.207 e. The number of nitrogens with zero attached hydrogens (tertiary/aromatic N) is 1. The van der Waals surface area contributed by atoms with Gasteiger partial charge in [-0.05, 0) is 54.8 Å². The molecule has 2 aromatic rings. The first-order valence-corrected chi connectivity index (χ1v) is 10.5. The average Bonchev–Trinajstić information content (AvgIpc) is 3.05. The zero-order valence-electron chi connectivity index (χ0n) is 12.6. The number of sulfonamides is 1. The Bertz CT molecular complexity index is 796. The molecule has 0 unspecified atom stereocenters. The molecule has 0 aliphatic carbocycles. The Kier molecular flexibility index (Phi) is 5.04. The first kappa shape index (κ1) is 17.2. The number of hydrogen-bond acceptors (Lipinski definition) is 3. The molecule has 0 amide bonds. The van der Waals surface area contributed by atoms with Gasteiger partial charge in [-0.25, -0.2) is 8.42 Å². The monoisotopic (exact) mass is 389 g/mol. The van der Waals surface area contributed by atoms with Gasteiger partial charge in [0.05, 0.1) is 5.02 Å². The molecule has 124 valence electrons. The van der Waals surface area contributed by atoms with E-state index in [1.807, 2.05) is 6.07 Å². The van der Waals surface area contributed by atoms with E-state index in [0.29, 0.717) is 29.6 Å². The van der Waals surface area contributed by atoms with E-state index in [1.54, 1.807) is 24.3 Å². The fourth-order valence-corrected chi connectivity index (χ4v) is 6.05. The number of benzene rings is 1. The van der Waals surface area contributed by atoms with Gasteiger partial charge in [0.1, 0.15) is 4.90 Å². The van der Waals surface area contributed by atoms with Crippen LogP contribution in [0, 0.1) is 6.92 Å². The summed E-state index contributed by atoms with van der Waals surface area (Å²) in [5.74, 6) is 0.448. The van der Waals surface area contributed by atoms with E-state index < -0.39 is 10.0 Å². The van der Waals surface area contributed by atoms with Gasteiger partial charge in [-0.2, -0.15) is 4.31 Å².